The second-order valence-corrected chi connectivity index (χ2v) is 8.48. The van der Waals surface area contributed by atoms with E-state index in [0.29, 0.717) is 23.6 Å². The van der Waals surface area contributed by atoms with Gasteiger partial charge in [-0.05, 0) is 19.1 Å². The van der Waals surface area contributed by atoms with Crippen molar-refractivity contribution in [2.45, 2.75) is 25.1 Å². The molecule has 1 unspecified atom stereocenters. The van der Waals surface area contributed by atoms with Gasteiger partial charge in [-0.2, -0.15) is 24.9 Å². The van der Waals surface area contributed by atoms with Gasteiger partial charge in [-0.1, -0.05) is 11.6 Å². The summed E-state index contributed by atoms with van der Waals surface area (Å²) in [6.07, 6.45) is -5.64. The summed E-state index contributed by atoms with van der Waals surface area (Å²) in [6.45, 7) is -0.0258. The van der Waals surface area contributed by atoms with Crippen molar-refractivity contribution < 1.29 is 41.0 Å². The first-order valence-corrected chi connectivity index (χ1v) is 10.7. The van der Waals surface area contributed by atoms with Crippen LogP contribution in [0.1, 0.15) is 24.0 Å². The van der Waals surface area contributed by atoms with Gasteiger partial charge in [-0.3, -0.25) is 0 Å². The lowest BCUT2D eigenvalue weighted by Gasteiger charge is -2.33. The maximum atomic E-state index is 15.0. The van der Waals surface area contributed by atoms with Gasteiger partial charge in [0.05, 0.1) is 40.5 Å². The minimum atomic E-state index is -5.15. The molecule has 1 atom stereocenters. The number of hydrogen-bond acceptors (Lipinski definition) is 6. The Labute approximate surface area is 189 Å². The third-order valence-electron chi connectivity index (χ3n) is 5.00. The van der Waals surface area contributed by atoms with E-state index in [0.717, 1.165) is 7.11 Å². The molecule has 0 spiro atoms. The van der Waals surface area contributed by atoms with Crippen LogP contribution in [0.25, 0.3) is 0 Å². The summed E-state index contributed by atoms with van der Waals surface area (Å²) >= 11 is 7.26. The predicted molar refractivity (Wildman–Crippen MR) is 107 cm³/mol. The van der Waals surface area contributed by atoms with Crippen molar-refractivity contribution in [1.82, 2.24) is 5.32 Å². The molecule has 0 bridgehead atoms. The molecule has 0 aliphatic carbocycles. The van der Waals surface area contributed by atoms with Gasteiger partial charge in [-0.25, -0.2) is 18.4 Å². The zero-order chi connectivity index (χ0) is 23.8. The average molecular weight is 498 g/mol. The number of carbonyl (C=O) groups excluding carboxylic acids is 2. The van der Waals surface area contributed by atoms with Crippen LogP contribution in [0.5, 0.6) is 0 Å². The van der Waals surface area contributed by atoms with Gasteiger partial charge in [0.25, 0.3) is 0 Å². The number of thioether (sulfide) groups is 1. The van der Waals surface area contributed by atoms with E-state index in [1.807, 2.05) is 0 Å². The van der Waals surface area contributed by atoms with Crippen LogP contribution in [0.4, 0.5) is 22.0 Å². The molecule has 12 heteroatoms. The lowest BCUT2D eigenvalue weighted by molar-refractivity contribution is -0.144. The first-order chi connectivity index (χ1) is 15.0. The van der Waals surface area contributed by atoms with Crippen LogP contribution in [0, 0.1) is 5.82 Å². The largest absolute Gasteiger partial charge is 0.466 e. The Kier molecular flexibility index (Phi) is 7.09. The van der Waals surface area contributed by atoms with E-state index in [-0.39, 0.29) is 5.70 Å². The van der Waals surface area contributed by atoms with E-state index in [1.54, 1.807) is 0 Å². The zero-order valence-electron chi connectivity index (χ0n) is 16.7. The molecule has 2 aliphatic rings. The molecular formula is C20H17ClF5NO4S. The second kappa shape index (κ2) is 9.30. The molecule has 174 valence electrons. The number of methoxy groups -OCH3 is 1. The fraction of sp³-hybridized carbons (Fsp3) is 0.400. The molecule has 3 rings (SSSR count). The van der Waals surface area contributed by atoms with E-state index in [2.05, 4.69) is 10.1 Å². The van der Waals surface area contributed by atoms with Crippen LogP contribution >= 0.6 is 23.4 Å². The summed E-state index contributed by atoms with van der Waals surface area (Å²) in [7, 11) is 0.927. The number of dihydropyridines is 1. The number of ether oxygens (including phenoxy) is 2. The highest BCUT2D eigenvalue weighted by Crippen LogP contribution is 2.48. The molecule has 1 N–H and O–H groups in total. The molecule has 32 heavy (non-hydrogen) atoms. The van der Waals surface area contributed by atoms with Crippen molar-refractivity contribution in [3.05, 3.63) is 56.6 Å². The molecule has 1 fully saturated rings. The molecule has 2 aliphatic heterocycles. The van der Waals surface area contributed by atoms with Gasteiger partial charge in [0, 0.05) is 22.8 Å². The molecule has 0 amide bonds. The minimum absolute atomic E-state index is 0.0835. The molecule has 1 aromatic carbocycles. The normalized spacial score (nSPS) is 19.4. The SMILES string of the molecule is COC(=O)C1=C(CF)NC(C)=C(C(=O)OC2CSC2)C1c1c(F)ccc(Cl)c1C(F)(F)F. The van der Waals surface area contributed by atoms with Crippen LogP contribution in [-0.2, 0) is 25.2 Å². The highest BCUT2D eigenvalue weighted by Gasteiger charge is 2.47. The smallest absolute Gasteiger partial charge is 0.418 e. The molecular weight excluding hydrogens is 481 g/mol. The van der Waals surface area contributed by atoms with Crippen LogP contribution in [-0.4, -0.2) is 43.3 Å². The fourth-order valence-corrected chi connectivity index (χ4v) is 4.38. The van der Waals surface area contributed by atoms with Crippen molar-refractivity contribution >= 4 is 35.3 Å². The minimum Gasteiger partial charge on any atom is -0.466 e. The first-order valence-electron chi connectivity index (χ1n) is 9.20. The monoisotopic (exact) mass is 497 g/mol. The van der Waals surface area contributed by atoms with Gasteiger partial charge in [0.15, 0.2) is 0 Å². The summed E-state index contributed by atoms with van der Waals surface area (Å²) < 4.78 is 80.5. The number of esters is 2. The predicted octanol–water partition coefficient (Wildman–Crippen LogP) is 4.51. The fourth-order valence-electron chi connectivity index (χ4n) is 3.55. The summed E-state index contributed by atoms with van der Waals surface area (Å²) in [6, 6.07) is 1.39. The van der Waals surface area contributed by atoms with Gasteiger partial charge in [0.2, 0.25) is 0 Å². The van der Waals surface area contributed by atoms with E-state index in [1.165, 1.54) is 18.7 Å². The first kappa shape index (κ1) is 24.4. The molecule has 1 aromatic rings. The van der Waals surface area contributed by atoms with Crippen molar-refractivity contribution in [1.29, 1.82) is 0 Å². The van der Waals surface area contributed by atoms with Crippen LogP contribution in [0.3, 0.4) is 0 Å². The van der Waals surface area contributed by atoms with E-state index in [9.17, 15) is 31.5 Å². The van der Waals surface area contributed by atoms with Crippen molar-refractivity contribution in [3.63, 3.8) is 0 Å². The molecule has 2 heterocycles. The highest BCUT2D eigenvalue weighted by molar-refractivity contribution is 8.00. The van der Waals surface area contributed by atoms with Gasteiger partial charge < -0.3 is 14.8 Å². The molecule has 0 radical (unpaired) electrons. The number of benzene rings is 1. The van der Waals surface area contributed by atoms with Crippen LogP contribution in [0.15, 0.2) is 34.7 Å². The van der Waals surface area contributed by atoms with Crippen molar-refractivity contribution in [2.75, 3.05) is 25.3 Å². The molecule has 1 saturated heterocycles. The number of rotatable bonds is 5. The van der Waals surface area contributed by atoms with E-state index < -0.39 is 75.6 Å². The van der Waals surface area contributed by atoms with Gasteiger partial charge in [0.1, 0.15) is 18.6 Å². The number of allylic oxidation sites excluding steroid dienone is 2. The zero-order valence-corrected chi connectivity index (χ0v) is 18.3. The Morgan fingerprint density at radius 3 is 2.38 bits per heavy atom. The highest BCUT2D eigenvalue weighted by atomic mass is 35.5. The van der Waals surface area contributed by atoms with Crippen LogP contribution in [0.2, 0.25) is 5.02 Å². The standard InChI is InChI=1S/C20H17ClF5NO4S/c1-8-13(19(29)31-9-6-32-7-9)16(15(18(28)30-2)12(5-22)27-8)14-11(23)4-3-10(21)17(14)20(24,25)26/h3-4,9,16,27H,5-7H2,1-2H3. The average Bonchev–Trinajstić information content (AvgIpc) is 2.69. The van der Waals surface area contributed by atoms with Crippen LogP contribution < -0.4 is 5.32 Å². The summed E-state index contributed by atoms with van der Waals surface area (Å²) in [5.74, 6) is -4.69. The topological polar surface area (TPSA) is 64.6 Å². The Hall–Kier alpha value is -2.27. The molecule has 5 nitrogen and oxygen atoms in total. The Balaban J connectivity index is 2.32. The van der Waals surface area contributed by atoms with E-state index in [4.69, 9.17) is 16.3 Å². The third-order valence-corrected chi connectivity index (χ3v) is 6.53. The van der Waals surface area contributed by atoms with Crippen molar-refractivity contribution in [3.8, 4) is 0 Å². The van der Waals surface area contributed by atoms with Crippen molar-refractivity contribution in [2.24, 2.45) is 0 Å². The number of hydrogen-bond donors (Lipinski definition) is 1. The number of halogens is 6. The summed E-state index contributed by atoms with van der Waals surface area (Å²) in [5.41, 5.74) is -4.36. The quantitative estimate of drug-likeness (QED) is 0.477. The Morgan fingerprint density at radius 2 is 1.88 bits per heavy atom. The maximum absolute atomic E-state index is 15.0. The molecule has 0 saturated carbocycles. The summed E-state index contributed by atoms with van der Waals surface area (Å²) in [4.78, 5) is 25.5. The Bertz CT molecular complexity index is 1020. The van der Waals surface area contributed by atoms with Gasteiger partial charge >= 0.3 is 18.1 Å². The lowest BCUT2D eigenvalue weighted by Crippen LogP contribution is -2.38. The Morgan fingerprint density at radius 1 is 1.22 bits per heavy atom. The number of carbonyl (C=O) groups is 2. The van der Waals surface area contributed by atoms with E-state index >= 15 is 0 Å². The summed E-state index contributed by atoms with van der Waals surface area (Å²) in [5, 5.41) is 1.66. The number of alkyl halides is 4. The number of nitrogens with one attached hydrogen (secondary N) is 1. The second-order valence-electron chi connectivity index (χ2n) is 6.99. The third kappa shape index (κ3) is 4.45. The maximum Gasteiger partial charge on any atom is 0.418 e. The lowest BCUT2D eigenvalue weighted by atomic mass is 9.78. The van der Waals surface area contributed by atoms with Gasteiger partial charge in [-0.15, -0.1) is 0 Å². The molecule has 0 aromatic heterocycles.